The highest BCUT2D eigenvalue weighted by Gasteiger charge is 2.26. The summed E-state index contributed by atoms with van der Waals surface area (Å²) < 4.78 is 0. The quantitative estimate of drug-likeness (QED) is 0.811. The van der Waals surface area contributed by atoms with Crippen LogP contribution in [0.2, 0.25) is 0 Å². The zero-order valence-electron chi connectivity index (χ0n) is 13.1. The number of amides is 1. The van der Waals surface area contributed by atoms with Crippen LogP contribution < -0.4 is 11.1 Å². The molecule has 116 valence electrons. The topological polar surface area (TPSA) is 55.1 Å². The van der Waals surface area contributed by atoms with E-state index in [1.54, 1.807) is 0 Å². The Morgan fingerprint density at radius 2 is 1.90 bits per heavy atom. The van der Waals surface area contributed by atoms with E-state index in [2.05, 4.69) is 12.2 Å². The van der Waals surface area contributed by atoms with Crippen LogP contribution in [0.4, 0.5) is 0 Å². The Bertz CT molecular complexity index is 299. The molecule has 0 aliphatic heterocycles. The molecule has 0 spiro atoms. The lowest BCUT2D eigenvalue weighted by molar-refractivity contribution is -0.123. The Morgan fingerprint density at radius 3 is 2.55 bits per heavy atom. The first-order valence-corrected chi connectivity index (χ1v) is 8.74. The first-order chi connectivity index (χ1) is 9.69. The van der Waals surface area contributed by atoms with E-state index in [4.69, 9.17) is 5.73 Å². The second kappa shape index (κ2) is 8.02. The molecule has 3 unspecified atom stereocenters. The lowest BCUT2D eigenvalue weighted by atomic mass is 9.82. The summed E-state index contributed by atoms with van der Waals surface area (Å²) in [4.78, 5) is 12.3. The van der Waals surface area contributed by atoms with Gasteiger partial charge in [0.1, 0.15) is 0 Å². The first-order valence-electron chi connectivity index (χ1n) is 8.74. The maximum absolute atomic E-state index is 12.3. The van der Waals surface area contributed by atoms with E-state index in [0.717, 1.165) is 19.3 Å². The van der Waals surface area contributed by atoms with Gasteiger partial charge < -0.3 is 11.1 Å². The molecule has 3 nitrogen and oxygen atoms in total. The normalized spacial score (nSPS) is 29.9. The van der Waals surface area contributed by atoms with Crippen molar-refractivity contribution in [1.29, 1.82) is 0 Å². The minimum absolute atomic E-state index is 0.265. The number of nitrogens with one attached hydrogen (secondary N) is 1. The Hall–Kier alpha value is -0.570. The summed E-state index contributed by atoms with van der Waals surface area (Å²) in [6.07, 6.45) is 13.0. The molecule has 0 heterocycles. The van der Waals surface area contributed by atoms with E-state index in [-0.39, 0.29) is 5.91 Å². The molecule has 1 amide bonds. The number of nitrogens with two attached hydrogens (primary N) is 1. The van der Waals surface area contributed by atoms with Gasteiger partial charge >= 0.3 is 0 Å². The molecule has 20 heavy (non-hydrogen) atoms. The van der Waals surface area contributed by atoms with Crippen molar-refractivity contribution in [2.75, 3.05) is 0 Å². The molecule has 0 saturated heterocycles. The molecular weight excluding hydrogens is 248 g/mol. The average Bonchev–Trinajstić information content (AvgIpc) is 2.45. The van der Waals surface area contributed by atoms with Crippen LogP contribution in [0.25, 0.3) is 0 Å². The molecule has 2 aliphatic rings. The monoisotopic (exact) mass is 280 g/mol. The molecule has 2 rings (SSSR count). The Morgan fingerprint density at radius 1 is 1.15 bits per heavy atom. The van der Waals surface area contributed by atoms with Crippen LogP contribution in [0.15, 0.2) is 0 Å². The van der Waals surface area contributed by atoms with Gasteiger partial charge in [-0.15, -0.1) is 0 Å². The highest BCUT2D eigenvalue weighted by molar-refractivity contribution is 5.76. The summed E-state index contributed by atoms with van der Waals surface area (Å²) in [5.74, 6) is 1.50. The summed E-state index contributed by atoms with van der Waals surface area (Å²) in [6, 6.07) is 0.724. The highest BCUT2D eigenvalue weighted by Crippen LogP contribution is 2.29. The number of hydrogen-bond acceptors (Lipinski definition) is 2. The molecule has 0 aromatic carbocycles. The van der Waals surface area contributed by atoms with Crippen molar-refractivity contribution in [2.24, 2.45) is 17.6 Å². The van der Waals surface area contributed by atoms with E-state index >= 15 is 0 Å². The summed E-state index contributed by atoms with van der Waals surface area (Å²) in [5.41, 5.74) is 6.01. The zero-order valence-corrected chi connectivity index (χ0v) is 13.1. The summed E-state index contributed by atoms with van der Waals surface area (Å²) in [6.45, 7) is 2.20. The van der Waals surface area contributed by atoms with Gasteiger partial charge in [0.25, 0.3) is 0 Å². The molecule has 0 aromatic rings. The zero-order chi connectivity index (χ0) is 14.4. The average molecular weight is 280 g/mol. The van der Waals surface area contributed by atoms with Gasteiger partial charge in [0.05, 0.1) is 0 Å². The van der Waals surface area contributed by atoms with Crippen LogP contribution >= 0.6 is 0 Å². The van der Waals surface area contributed by atoms with E-state index < -0.39 is 0 Å². The minimum atomic E-state index is 0.265. The fourth-order valence-electron chi connectivity index (χ4n) is 4.14. The van der Waals surface area contributed by atoms with Crippen molar-refractivity contribution >= 4 is 5.91 Å². The van der Waals surface area contributed by atoms with Gasteiger partial charge in [0.15, 0.2) is 0 Å². The maximum Gasteiger partial charge on any atom is 0.220 e. The highest BCUT2D eigenvalue weighted by atomic mass is 16.1. The van der Waals surface area contributed by atoms with Gasteiger partial charge in [-0.1, -0.05) is 32.6 Å². The van der Waals surface area contributed by atoms with Crippen molar-refractivity contribution in [3.8, 4) is 0 Å². The molecule has 2 saturated carbocycles. The maximum atomic E-state index is 12.3. The number of carbonyl (C=O) groups excluding carboxylic acids is 1. The third kappa shape index (κ3) is 4.76. The van der Waals surface area contributed by atoms with Crippen molar-refractivity contribution in [2.45, 2.75) is 89.6 Å². The van der Waals surface area contributed by atoms with Gasteiger partial charge in [-0.3, -0.25) is 4.79 Å². The van der Waals surface area contributed by atoms with Gasteiger partial charge in [0, 0.05) is 18.5 Å². The van der Waals surface area contributed by atoms with Crippen molar-refractivity contribution in [3.05, 3.63) is 0 Å². The molecule has 0 aromatic heterocycles. The molecule has 3 heteroatoms. The molecular formula is C17H32N2O. The molecule has 0 radical (unpaired) electrons. The molecule has 2 aliphatic carbocycles. The van der Waals surface area contributed by atoms with Crippen molar-refractivity contribution in [3.63, 3.8) is 0 Å². The largest absolute Gasteiger partial charge is 0.353 e. The second-order valence-corrected chi connectivity index (χ2v) is 6.98. The summed E-state index contributed by atoms with van der Waals surface area (Å²) in [5, 5.41) is 3.32. The van der Waals surface area contributed by atoms with Gasteiger partial charge in [-0.05, 0) is 50.4 Å². The van der Waals surface area contributed by atoms with E-state index in [0.29, 0.717) is 30.3 Å². The Labute approximate surface area is 124 Å². The van der Waals surface area contributed by atoms with Crippen LogP contribution in [0, 0.1) is 11.8 Å². The summed E-state index contributed by atoms with van der Waals surface area (Å²) >= 11 is 0. The standard InChI is InChI=1S/C17H32N2O/c1-2-16(14-8-4-3-5-9-14)19-17(20)12-13-7-6-10-15(18)11-13/h13-16H,2-12,18H2,1H3,(H,19,20). The smallest absolute Gasteiger partial charge is 0.220 e. The third-order valence-corrected chi connectivity index (χ3v) is 5.30. The lowest BCUT2D eigenvalue weighted by Crippen LogP contribution is -2.42. The van der Waals surface area contributed by atoms with Crippen LogP contribution in [-0.4, -0.2) is 18.0 Å². The number of carbonyl (C=O) groups is 1. The summed E-state index contributed by atoms with van der Waals surface area (Å²) in [7, 11) is 0. The predicted octanol–water partition coefficient (Wildman–Crippen LogP) is 3.37. The Kier molecular flexibility index (Phi) is 6.34. The van der Waals surface area contributed by atoms with Crippen molar-refractivity contribution < 1.29 is 4.79 Å². The van der Waals surface area contributed by atoms with E-state index in [1.165, 1.54) is 44.9 Å². The van der Waals surface area contributed by atoms with E-state index in [1.807, 2.05) is 0 Å². The fraction of sp³-hybridized carbons (Fsp3) is 0.941. The molecule has 0 bridgehead atoms. The first kappa shape index (κ1) is 15.8. The second-order valence-electron chi connectivity index (χ2n) is 6.98. The van der Waals surface area contributed by atoms with Crippen LogP contribution in [0.3, 0.4) is 0 Å². The predicted molar refractivity (Wildman–Crippen MR) is 83.3 cm³/mol. The molecule has 3 N–H and O–H groups in total. The van der Waals surface area contributed by atoms with Crippen molar-refractivity contribution in [1.82, 2.24) is 5.32 Å². The van der Waals surface area contributed by atoms with Crippen LogP contribution in [-0.2, 0) is 4.79 Å². The minimum Gasteiger partial charge on any atom is -0.353 e. The van der Waals surface area contributed by atoms with Gasteiger partial charge in [-0.25, -0.2) is 0 Å². The molecule has 2 fully saturated rings. The third-order valence-electron chi connectivity index (χ3n) is 5.30. The molecule has 3 atom stereocenters. The lowest BCUT2D eigenvalue weighted by Gasteiger charge is -2.31. The van der Waals surface area contributed by atoms with Crippen LogP contribution in [0.1, 0.15) is 77.6 Å². The fourth-order valence-corrected chi connectivity index (χ4v) is 4.14. The SMILES string of the molecule is CCC(NC(=O)CC1CCCC(N)C1)C1CCCCC1. The Balaban J connectivity index is 1.76. The van der Waals surface area contributed by atoms with Gasteiger partial charge in [-0.2, -0.15) is 0 Å². The van der Waals surface area contributed by atoms with Crippen LogP contribution in [0.5, 0.6) is 0 Å². The number of rotatable bonds is 5. The van der Waals surface area contributed by atoms with Gasteiger partial charge in [0.2, 0.25) is 5.91 Å². The van der Waals surface area contributed by atoms with E-state index in [9.17, 15) is 4.79 Å². The number of hydrogen-bond donors (Lipinski definition) is 2.